The second-order valence-corrected chi connectivity index (χ2v) is 5.14. The number of rotatable bonds is 3. The summed E-state index contributed by atoms with van der Waals surface area (Å²) in [5.74, 6) is -2.19. The zero-order valence-corrected chi connectivity index (χ0v) is 9.05. The van der Waals surface area contributed by atoms with Gasteiger partial charge in [0, 0.05) is 12.3 Å². The molecule has 0 aromatic heterocycles. The summed E-state index contributed by atoms with van der Waals surface area (Å²) in [7, 11) is -2.10. The Labute approximate surface area is 82.5 Å². The monoisotopic (exact) mass is 223 g/mol. The zero-order valence-electron chi connectivity index (χ0n) is 8.23. The van der Waals surface area contributed by atoms with Gasteiger partial charge < -0.3 is 10.1 Å². The normalized spacial score (nSPS) is 13.1. The van der Waals surface area contributed by atoms with E-state index in [1.165, 1.54) is 6.92 Å². The second-order valence-electron chi connectivity index (χ2n) is 2.96. The smallest absolute Gasteiger partial charge is 0.396 e. The van der Waals surface area contributed by atoms with Crippen molar-refractivity contribution < 1.29 is 22.7 Å². The lowest BCUT2D eigenvalue weighted by Gasteiger charge is -2.10. The lowest BCUT2D eigenvalue weighted by Crippen LogP contribution is -2.41. The van der Waals surface area contributed by atoms with Crippen LogP contribution in [-0.4, -0.2) is 45.5 Å². The SMILES string of the molecule is COC(=O)C(=O)NC(C)CS(C)(=O)=O. The van der Waals surface area contributed by atoms with Crippen LogP contribution in [0, 0.1) is 0 Å². The highest BCUT2D eigenvalue weighted by Crippen LogP contribution is 1.90. The molecule has 1 amide bonds. The third-order valence-electron chi connectivity index (χ3n) is 1.30. The first-order valence-electron chi connectivity index (χ1n) is 3.83. The fourth-order valence-electron chi connectivity index (χ4n) is 0.871. The lowest BCUT2D eigenvalue weighted by molar-refractivity contribution is -0.152. The number of hydrogen-bond acceptors (Lipinski definition) is 5. The van der Waals surface area contributed by atoms with Crippen LogP contribution >= 0.6 is 0 Å². The third kappa shape index (κ3) is 5.52. The van der Waals surface area contributed by atoms with Gasteiger partial charge in [0.2, 0.25) is 0 Å². The summed E-state index contributed by atoms with van der Waals surface area (Å²) in [6, 6.07) is -0.614. The molecule has 82 valence electrons. The molecule has 6 nitrogen and oxygen atoms in total. The fourth-order valence-corrected chi connectivity index (χ4v) is 1.86. The van der Waals surface area contributed by atoms with Gasteiger partial charge in [0.25, 0.3) is 0 Å². The third-order valence-corrected chi connectivity index (χ3v) is 2.41. The van der Waals surface area contributed by atoms with Gasteiger partial charge in [-0.3, -0.25) is 4.79 Å². The van der Waals surface area contributed by atoms with Crippen LogP contribution in [0.2, 0.25) is 0 Å². The number of esters is 1. The number of amides is 1. The number of hydrogen-bond donors (Lipinski definition) is 1. The van der Waals surface area contributed by atoms with Gasteiger partial charge in [-0.2, -0.15) is 0 Å². The van der Waals surface area contributed by atoms with E-state index in [9.17, 15) is 18.0 Å². The van der Waals surface area contributed by atoms with Gasteiger partial charge in [0.1, 0.15) is 9.84 Å². The van der Waals surface area contributed by atoms with Crippen LogP contribution in [0.15, 0.2) is 0 Å². The maximum atomic E-state index is 10.9. The molecule has 7 heteroatoms. The molecular weight excluding hydrogens is 210 g/mol. The number of carbonyl (C=O) groups is 2. The maximum Gasteiger partial charge on any atom is 0.396 e. The van der Waals surface area contributed by atoms with Gasteiger partial charge in [0.15, 0.2) is 0 Å². The van der Waals surface area contributed by atoms with Crippen LogP contribution in [0.5, 0.6) is 0 Å². The Morgan fingerprint density at radius 3 is 2.29 bits per heavy atom. The maximum absolute atomic E-state index is 10.9. The van der Waals surface area contributed by atoms with E-state index in [0.29, 0.717) is 0 Å². The molecule has 0 radical (unpaired) electrons. The molecule has 0 aromatic rings. The molecular formula is C7H13NO5S. The van der Waals surface area contributed by atoms with Crippen LogP contribution in [0.25, 0.3) is 0 Å². The Bertz CT molecular complexity index is 321. The van der Waals surface area contributed by atoms with Crippen LogP contribution < -0.4 is 5.32 Å². The zero-order chi connectivity index (χ0) is 11.4. The summed E-state index contributed by atoms with van der Waals surface area (Å²) in [5.41, 5.74) is 0. The van der Waals surface area contributed by atoms with Gasteiger partial charge in [0.05, 0.1) is 12.9 Å². The van der Waals surface area contributed by atoms with Crippen molar-refractivity contribution in [3.8, 4) is 0 Å². The van der Waals surface area contributed by atoms with Gasteiger partial charge in [-0.25, -0.2) is 13.2 Å². The molecule has 0 saturated carbocycles. The Balaban J connectivity index is 4.14. The summed E-state index contributed by atoms with van der Waals surface area (Å²) in [6.45, 7) is 1.49. The van der Waals surface area contributed by atoms with Crippen LogP contribution in [0.1, 0.15) is 6.92 Å². The van der Waals surface area contributed by atoms with Crippen molar-refractivity contribution >= 4 is 21.7 Å². The van der Waals surface area contributed by atoms with E-state index >= 15 is 0 Å². The van der Waals surface area contributed by atoms with Gasteiger partial charge in [-0.1, -0.05) is 0 Å². The average molecular weight is 223 g/mol. The minimum absolute atomic E-state index is 0.213. The highest BCUT2D eigenvalue weighted by Gasteiger charge is 2.18. The molecule has 0 aliphatic heterocycles. The molecule has 0 fully saturated rings. The van der Waals surface area contributed by atoms with Crippen LogP contribution in [0.3, 0.4) is 0 Å². The van der Waals surface area contributed by atoms with Crippen molar-refractivity contribution in [2.45, 2.75) is 13.0 Å². The number of nitrogens with one attached hydrogen (secondary N) is 1. The predicted molar refractivity (Wildman–Crippen MR) is 49.3 cm³/mol. The number of carbonyl (C=O) groups excluding carboxylic acids is 2. The number of ether oxygens (including phenoxy) is 1. The van der Waals surface area contributed by atoms with Gasteiger partial charge in [-0.15, -0.1) is 0 Å². The molecule has 0 rings (SSSR count). The van der Waals surface area contributed by atoms with Crippen molar-refractivity contribution in [3.05, 3.63) is 0 Å². The number of methoxy groups -OCH3 is 1. The van der Waals surface area contributed by atoms with Crippen LogP contribution in [0.4, 0.5) is 0 Å². The van der Waals surface area contributed by atoms with E-state index < -0.39 is 27.8 Å². The van der Waals surface area contributed by atoms with E-state index in [1.807, 2.05) is 0 Å². The summed E-state index contributed by atoms with van der Waals surface area (Å²) < 4.78 is 25.7. The molecule has 1 atom stereocenters. The number of sulfone groups is 1. The first-order valence-corrected chi connectivity index (χ1v) is 5.89. The Kier molecular flexibility index (Phi) is 4.55. The standard InChI is InChI=1S/C7H13NO5S/c1-5(4-14(3,11)12)8-6(9)7(10)13-2/h5H,4H2,1-3H3,(H,8,9). The molecule has 1 N–H and O–H groups in total. The minimum Gasteiger partial charge on any atom is -0.462 e. The van der Waals surface area contributed by atoms with E-state index in [4.69, 9.17) is 0 Å². The fraction of sp³-hybridized carbons (Fsp3) is 0.714. The van der Waals surface area contributed by atoms with Gasteiger partial charge in [-0.05, 0) is 6.92 Å². The molecule has 0 saturated heterocycles. The van der Waals surface area contributed by atoms with Crippen molar-refractivity contribution in [2.75, 3.05) is 19.1 Å². The first-order chi connectivity index (χ1) is 6.26. The van der Waals surface area contributed by atoms with E-state index in [-0.39, 0.29) is 5.75 Å². The summed E-state index contributed by atoms with van der Waals surface area (Å²) in [6.07, 6.45) is 1.05. The second kappa shape index (κ2) is 4.94. The topological polar surface area (TPSA) is 89.5 Å². The van der Waals surface area contributed by atoms with Crippen LogP contribution in [-0.2, 0) is 24.2 Å². The largest absolute Gasteiger partial charge is 0.462 e. The van der Waals surface area contributed by atoms with Crippen molar-refractivity contribution in [3.63, 3.8) is 0 Å². The molecule has 0 bridgehead atoms. The lowest BCUT2D eigenvalue weighted by atomic mass is 10.4. The summed E-state index contributed by atoms with van der Waals surface area (Å²) >= 11 is 0. The van der Waals surface area contributed by atoms with Crippen molar-refractivity contribution in [1.82, 2.24) is 5.32 Å². The van der Waals surface area contributed by atoms with E-state index in [2.05, 4.69) is 10.1 Å². The van der Waals surface area contributed by atoms with E-state index in [1.54, 1.807) is 0 Å². The molecule has 0 aromatic carbocycles. The molecule has 0 spiro atoms. The molecule has 0 heterocycles. The van der Waals surface area contributed by atoms with Crippen molar-refractivity contribution in [1.29, 1.82) is 0 Å². The molecule has 0 aliphatic carbocycles. The first kappa shape index (κ1) is 12.9. The van der Waals surface area contributed by atoms with E-state index in [0.717, 1.165) is 13.4 Å². The Morgan fingerprint density at radius 1 is 1.43 bits per heavy atom. The summed E-state index contributed by atoms with van der Waals surface area (Å²) in [5, 5.41) is 2.19. The highest BCUT2D eigenvalue weighted by molar-refractivity contribution is 7.90. The molecule has 0 aliphatic rings. The quantitative estimate of drug-likeness (QED) is 0.475. The van der Waals surface area contributed by atoms with Crippen molar-refractivity contribution in [2.24, 2.45) is 0 Å². The molecule has 1 unspecified atom stereocenters. The molecule has 14 heavy (non-hydrogen) atoms. The minimum atomic E-state index is -3.17. The highest BCUT2D eigenvalue weighted by atomic mass is 32.2. The average Bonchev–Trinajstić information content (AvgIpc) is 1.99. The van der Waals surface area contributed by atoms with Gasteiger partial charge >= 0.3 is 11.9 Å². The summed E-state index contributed by atoms with van der Waals surface area (Å²) in [4.78, 5) is 21.5. The Morgan fingerprint density at radius 2 is 1.93 bits per heavy atom. The Hall–Kier alpha value is -1.11. The predicted octanol–water partition coefficient (Wildman–Crippen LogP) is -1.29.